The van der Waals surface area contributed by atoms with Gasteiger partial charge in [0.2, 0.25) is 0 Å². The first-order chi connectivity index (χ1) is 7.75. The molecule has 0 spiro atoms. The molecule has 80 valence electrons. The Morgan fingerprint density at radius 2 is 2.25 bits per heavy atom. The van der Waals surface area contributed by atoms with Crippen molar-refractivity contribution >= 4 is 11.7 Å². The number of aromatic hydroxyl groups is 1. The molecule has 2 rings (SSSR count). The quantitative estimate of drug-likeness (QED) is 0.776. The van der Waals surface area contributed by atoms with Gasteiger partial charge in [0.1, 0.15) is 5.75 Å². The Balaban J connectivity index is 2.15. The first-order valence-electron chi connectivity index (χ1n) is 4.49. The minimum atomic E-state index is -0.399. The Morgan fingerprint density at radius 1 is 1.38 bits per heavy atom. The molecule has 0 aromatic carbocycles. The van der Waals surface area contributed by atoms with Gasteiger partial charge in [0.05, 0.1) is 11.8 Å². The van der Waals surface area contributed by atoms with Gasteiger partial charge in [0, 0.05) is 12.4 Å². The zero-order valence-electron chi connectivity index (χ0n) is 8.16. The van der Waals surface area contributed by atoms with Gasteiger partial charge in [-0.25, -0.2) is 0 Å². The summed E-state index contributed by atoms with van der Waals surface area (Å²) in [6.45, 7) is 0. The summed E-state index contributed by atoms with van der Waals surface area (Å²) in [5, 5.41) is 19.0. The van der Waals surface area contributed by atoms with Crippen molar-refractivity contribution in [1.29, 1.82) is 0 Å². The topological polar surface area (TPSA) is 88.0 Å². The van der Waals surface area contributed by atoms with Crippen LogP contribution >= 0.6 is 0 Å². The summed E-state index contributed by atoms with van der Waals surface area (Å²) in [5.41, 5.74) is 0.255. The largest absolute Gasteiger partial charge is 0.506 e. The van der Waals surface area contributed by atoms with Crippen molar-refractivity contribution in [2.45, 2.75) is 0 Å². The fourth-order valence-corrected chi connectivity index (χ4v) is 1.11. The lowest BCUT2D eigenvalue weighted by Gasteiger charge is -2.02. The molecule has 0 saturated heterocycles. The number of anilines is 1. The second kappa shape index (κ2) is 4.35. The molecule has 0 aliphatic heterocycles. The van der Waals surface area contributed by atoms with Crippen molar-refractivity contribution < 1.29 is 9.90 Å². The van der Waals surface area contributed by atoms with Crippen LogP contribution in [-0.4, -0.2) is 26.2 Å². The van der Waals surface area contributed by atoms with Crippen molar-refractivity contribution in [1.82, 2.24) is 15.2 Å². The second-order valence-electron chi connectivity index (χ2n) is 2.99. The number of pyridine rings is 1. The highest BCUT2D eigenvalue weighted by Crippen LogP contribution is 2.10. The lowest BCUT2D eigenvalue weighted by Crippen LogP contribution is -2.13. The Labute approximate surface area is 91.0 Å². The highest BCUT2D eigenvalue weighted by atomic mass is 16.3. The molecule has 0 radical (unpaired) electrons. The molecule has 0 fully saturated rings. The van der Waals surface area contributed by atoms with Crippen molar-refractivity contribution in [2.75, 3.05) is 5.32 Å². The Bertz CT molecular complexity index is 501. The molecule has 0 atom stereocenters. The number of hydrogen-bond donors (Lipinski definition) is 2. The predicted molar refractivity (Wildman–Crippen MR) is 55.9 cm³/mol. The van der Waals surface area contributed by atoms with Crippen molar-refractivity contribution in [3.05, 3.63) is 42.4 Å². The van der Waals surface area contributed by atoms with E-state index in [4.69, 9.17) is 5.11 Å². The first-order valence-corrected chi connectivity index (χ1v) is 4.49. The van der Waals surface area contributed by atoms with Gasteiger partial charge < -0.3 is 10.4 Å². The maximum atomic E-state index is 11.6. The molecule has 2 heterocycles. The molecule has 2 N–H and O–H groups in total. The lowest BCUT2D eigenvalue weighted by atomic mass is 10.2. The van der Waals surface area contributed by atoms with E-state index in [0.717, 1.165) is 0 Å². The molecular formula is C10H8N4O2. The fraction of sp³-hybridized carbons (Fsp3) is 0. The van der Waals surface area contributed by atoms with Crippen LogP contribution in [0.3, 0.4) is 0 Å². The summed E-state index contributed by atoms with van der Waals surface area (Å²) < 4.78 is 0. The van der Waals surface area contributed by atoms with Crippen molar-refractivity contribution in [3.8, 4) is 5.75 Å². The minimum Gasteiger partial charge on any atom is -0.506 e. The predicted octanol–water partition coefficient (Wildman–Crippen LogP) is 0.829. The van der Waals surface area contributed by atoms with Crippen LogP contribution < -0.4 is 5.32 Å². The average Bonchev–Trinajstić information content (AvgIpc) is 2.30. The molecule has 16 heavy (non-hydrogen) atoms. The number of nitrogens with zero attached hydrogens (tertiary/aromatic N) is 3. The lowest BCUT2D eigenvalue weighted by molar-refractivity contribution is 0.102. The zero-order valence-corrected chi connectivity index (χ0v) is 8.16. The van der Waals surface area contributed by atoms with Gasteiger partial charge in [0.25, 0.3) is 5.91 Å². The van der Waals surface area contributed by atoms with E-state index in [2.05, 4.69) is 20.5 Å². The summed E-state index contributed by atoms with van der Waals surface area (Å²) in [6, 6.07) is 4.59. The summed E-state index contributed by atoms with van der Waals surface area (Å²) in [7, 11) is 0. The van der Waals surface area contributed by atoms with E-state index in [-0.39, 0.29) is 11.3 Å². The number of hydrogen-bond acceptors (Lipinski definition) is 5. The Kier molecular flexibility index (Phi) is 2.73. The van der Waals surface area contributed by atoms with E-state index in [9.17, 15) is 4.79 Å². The van der Waals surface area contributed by atoms with Gasteiger partial charge >= 0.3 is 0 Å². The third kappa shape index (κ3) is 2.30. The molecule has 2 aromatic heterocycles. The number of aromatic nitrogens is 3. The van der Waals surface area contributed by atoms with Gasteiger partial charge in [-0.15, -0.1) is 5.10 Å². The molecule has 0 bridgehead atoms. The van der Waals surface area contributed by atoms with E-state index in [1.165, 1.54) is 24.7 Å². The summed E-state index contributed by atoms with van der Waals surface area (Å²) in [6.07, 6.45) is 4.11. The number of carbonyl (C=O) groups is 1. The van der Waals surface area contributed by atoms with Crippen LogP contribution in [0.2, 0.25) is 0 Å². The Morgan fingerprint density at radius 3 is 2.94 bits per heavy atom. The molecule has 6 nitrogen and oxygen atoms in total. The molecule has 1 amide bonds. The fourth-order valence-electron chi connectivity index (χ4n) is 1.11. The number of amides is 1. The molecule has 0 aliphatic rings. The Hall–Kier alpha value is -2.50. The third-order valence-corrected chi connectivity index (χ3v) is 1.80. The van der Waals surface area contributed by atoms with Crippen LogP contribution in [0.4, 0.5) is 5.82 Å². The molecule has 2 aromatic rings. The van der Waals surface area contributed by atoms with Crippen molar-refractivity contribution in [3.63, 3.8) is 0 Å². The third-order valence-electron chi connectivity index (χ3n) is 1.80. The molecular weight excluding hydrogens is 208 g/mol. The summed E-state index contributed by atoms with van der Waals surface area (Å²) >= 11 is 0. The van der Waals surface area contributed by atoms with Gasteiger partial charge in [-0.05, 0) is 18.2 Å². The van der Waals surface area contributed by atoms with E-state index in [0.29, 0.717) is 5.82 Å². The van der Waals surface area contributed by atoms with E-state index in [1.807, 2.05) is 0 Å². The normalized spacial score (nSPS) is 9.75. The van der Waals surface area contributed by atoms with Crippen LogP contribution in [0.25, 0.3) is 0 Å². The van der Waals surface area contributed by atoms with Crippen LogP contribution in [0.5, 0.6) is 5.75 Å². The number of nitrogens with one attached hydrogen (secondary N) is 1. The maximum Gasteiger partial charge on any atom is 0.258 e. The van der Waals surface area contributed by atoms with Crippen LogP contribution in [0.15, 0.2) is 36.8 Å². The molecule has 0 saturated carbocycles. The SMILES string of the molecule is O=C(Nc1cccnn1)c1cncc(O)c1. The second-order valence-corrected chi connectivity index (χ2v) is 2.99. The summed E-state index contributed by atoms with van der Waals surface area (Å²) in [5.74, 6) is -0.119. The monoisotopic (exact) mass is 216 g/mol. The smallest absolute Gasteiger partial charge is 0.258 e. The van der Waals surface area contributed by atoms with Gasteiger partial charge in [-0.3, -0.25) is 9.78 Å². The highest BCUT2D eigenvalue weighted by Gasteiger charge is 2.07. The van der Waals surface area contributed by atoms with Crippen LogP contribution in [0.1, 0.15) is 10.4 Å². The standard InChI is InChI=1S/C10H8N4O2/c15-8-4-7(5-11-6-8)10(16)13-9-2-1-3-12-14-9/h1-6,15H,(H,13,14,16). The molecule has 0 unspecified atom stereocenters. The first kappa shape index (κ1) is 10.0. The van der Waals surface area contributed by atoms with Crippen LogP contribution in [0, 0.1) is 0 Å². The van der Waals surface area contributed by atoms with Crippen molar-refractivity contribution in [2.24, 2.45) is 0 Å². The van der Waals surface area contributed by atoms with E-state index < -0.39 is 5.91 Å². The molecule has 6 heteroatoms. The summed E-state index contributed by atoms with van der Waals surface area (Å²) in [4.78, 5) is 15.3. The number of rotatable bonds is 2. The van der Waals surface area contributed by atoms with Gasteiger partial charge in [-0.1, -0.05) is 0 Å². The van der Waals surface area contributed by atoms with E-state index >= 15 is 0 Å². The average molecular weight is 216 g/mol. The highest BCUT2D eigenvalue weighted by molar-refractivity contribution is 6.03. The number of carbonyl (C=O) groups excluding carboxylic acids is 1. The van der Waals surface area contributed by atoms with Gasteiger partial charge in [0.15, 0.2) is 5.82 Å². The van der Waals surface area contributed by atoms with Gasteiger partial charge in [-0.2, -0.15) is 5.10 Å². The maximum absolute atomic E-state index is 11.6. The van der Waals surface area contributed by atoms with Crippen LogP contribution in [-0.2, 0) is 0 Å². The zero-order chi connectivity index (χ0) is 11.4. The van der Waals surface area contributed by atoms with E-state index in [1.54, 1.807) is 12.1 Å². The molecule has 0 aliphatic carbocycles. The minimum absolute atomic E-state index is 0.0632.